The number of carboxylic acid groups (broad SMARTS) is 1. The summed E-state index contributed by atoms with van der Waals surface area (Å²) in [6.45, 7) is 4.35. The van der Waals surface area contributed by atoms with Gasteiger partial charge in [-0.25, -0.2) is 4.79 Å². The molecule has 1 unspecified atom stereocenters. The highest BCUT2D eigenvalue weighted by Crippen LogP contribution is 2.10. The van der Waals surface area contributed by atoms with Crippen molar-refractivity contribution in [1.29, 1.82) is 0 Å². The van der Waals surface area contributed by atoms with Gasteiger partial charge in [-0.15, -0.1) is 0 Å². The van der Waals surface area contributed by atoms with Crippen LogP contribution in [-0.2, 0) is 15.6 Å². The van der Waals surface area contributed by atoms with Gasteiger partial charge in [0.15, 0.2) is 0 Å². The maximum absolute atomic E-state index is 12.2. The summed E-state index contributed by atoms with van der Waals surface area (Å²) in [5.74, 6) is -0.0513. The Bertz CT molecular complexity index is 338. The average Bonchev–Trinajstić information content (AvgIpc) is 2.35. The molecule has 0 aliphatic carbocycles. The smallest absolute Gasteiger partial charge is 0.323 e. The molecule has 0 saturated carbocycles. The summed E-state index contributed by atoms with van der Waals surface area (Å²) >= 11 is 0. The first-order chi connectivity index (χ1) is 8.45. The second kappa shape index (κ2) is 6.72. The fourth-order valence-corrected chi connectivity index (χ4v) is 2.84. The Morgan fingerprint density at radius 2 is 1.94 bits per heavy atom. The van der Waals surface area contributed by atoms with Gasteiger partial charge in [0.1, 0.15) is 6.54 Å². The lowest BCUT2D eigenvalue weighted by Gasteiger charge is -2.34. The molecule has 1 aliphatic heterocycles. The van der Waals surface area contributed by atoms with Crippen LogP contribution < -0.4 is 0 Å². The molecule has 0 aromatic carbocycles. The van der Waals surface area contributed by atoms with E-state index in [4.69, 9.17) is 5.11 Å². The number of nitrogens with zero attached hydrogens (tertiary/aromatic N) is 2. The van der Waals surface area contributed by atoms with E-state index in [9.17, 15) is 13.8 Å². The normalized spacial score (nSPS) is 18.4. The van der Waals surface area contributed by atoms with Gasteiger partial charge in [0, 0.05) is 41.4 Å². The van der Waals surface area contributed by atoms with Crippen LogP contribution in [-0.4, -0.2) is 68.3 Å². The number of carbonyl (C=O) groups excluding carboxylic acids is 1. The topological polar surface area (TPSA) is 77.9 Å². The maximum Gasteiger partial charge on any atom is 0.323 e. The summed E-state index contributed by atoms with van der Waals surface area (Å²) in [7, 11) is -0.843. The molecule has 0 aromatic heterocycles. The van der Waals surface area contributed by atoms with Gasteiger partial charge in [-0.2, -0.15) is 0 Å². The Morgan fingerprint density at radius 3 is 2.39 bits per heavy atom. The molecule has 6 nitrogen and oxygen atoms in total. The molecule has 104 valence electrons. The van der Waals surface area contributed by atoms with Crippen LogP contribution in [0, 0.1) is 0 Å². The molecule has 1 fully saturated rings. The Hall–Kier alpha value is -1.11. The molecule has 1 aliphatic rings. The highest BCUT2D eigenvalue weighted by Gasteiger charge is 2.28. The van der Waals surface area contributed by atoms with Crippen LogP contribution in [0.2, 0.25) is 0 Å². The van der Waals surface area contributed by atoms with Crippen molar-refractivity contribution in [1.82, 2.24) is 9.80 Å². The minimum atomic E-state index is -1.01. The lowest BCUT2D eigenvalue weighted by Crippen LogP contribution is -2.52. The van der Waals surface area contributed by atoms with Crippen molar-refractivity contribution in [3.8, 4) is 0 Å². The number of rotatable bonds is 4. The highest BCUT2D eigenvalue weighted by molar-refractivity contribution is 7.85. The van der Waals surface area contributed by atoms with E-state index in [1.165, 1.54) is 4.90 Å². The van der Waals surface area contributed by atoms with Crippen LogP contribution in [0.15, 0.2) is 0 Å². The molecule has 18 heavy (non-hydrogen) atoms. The summed E-state index contributed by atoms with van der Waals surface area (Å²) in [6, 6.07) is -0.371. The van der Waals surface area contributed by atoms with E-state index in [1.54, 1.807) is 4.90 Å². The fraction of sp³-hybridized carbons (Fsp3) is 0.818. The van der Waals surface area contributed by atoms with E-state index >= 15 is 0 Å². The quantitative estimate of drug-likeness (QED) is 0.804. The van der Waals surface area contributed by atoms with Gasteiger partial charge < -0.3 is 14.9 Å². The molecule has 1 rings (SSSR count). The fourth-order valence-electron chi connectivity index (χ4n) is 1.79. The Balaban J connectivity index is 2.69. The molecule has 7 heteroatoms. The van der Waals surface area contributed by atoms with E-state index in [-0.39, 0.29) is 18.6 Å². The van der Waals surface area contributed by atoms with Gasteiger partial charge in [0.25, 0.3) is 0 Å². The van der Waals surface area contributed by atoms with E-state index in [0.29, 0.717) is 31.0 Å². The van der Waals surface area contributed by atoms with Crippen molar-refractivity contribution in [2.24, 2.45) is 0 Å². The van der Waals surface area contributed by atoms with Crippen molar-refractivity contribution >= 4 is 22.8 Å². The summed E-state index contributed by atoms with van der Waals surface area (Å²) < 4.78 is 11.2. The number of carbonyl (C=O) groups is 2. The van der Waals surface area contributed by atoms with Crippen molar-refractivity contribution in [3.05, 3.63) is 0 Å². The molecule has 1 atom stereocenters. The predicted octanol–water partition coefficient (Wildman–Crippen LogP) is 0.356. The minimum Gasteiger partial charge on any atom is -0.480 e. The maximum atomic E-state index is 12.2. The van der Waals surface area contributed by atoms with Crippen LogP contribution in [0.25, 0.3) is 0 Å². The van der Waals surface area contributed by atoms with Crippen LogP contribution >= 0.6 is 0 Å². The lowest BCUT2D eigenvalue weighted by atomic mass is 10.2. The second-order valence-corrected chi connectivity index (χ2v) is 6.09. The second-order valence-electron chi connectivity index (χ2n) is 4.40. The Kier molecular flexibility index (Phi) is 5.58. The number of urea groups is 1. The standard InChI is InChI=1S/C11H20N2O4S/c1-3-9(2)13(8-10(14)15)11(16)12-4-6-18(17)7-5-12/h9H,3-8H2,1-2H3,(H,14,15). The molecule has 1 saturated heterocycles. The zero-order valence-corrected chi connectivity index (χ0v) is 11.6. The molecule has 0 bridgehead atoms. The van der Waals surface area contributed by atoms with Gasteiger partial charge >= 0.3 is 12.0 Å². The summed E-state index contributed by atoms with van der Waals surface area (Å²) in [5.41, 5.74) is 0. The van der Waals surface area contributed by atoms with Gasteiger partial charge in [-0.3, -0.25) is 9.00 Å². The zero-order valence-electron chi connectivity index (χ0n) is 10.8. The highest BCUT2D eigenvalue weighted by atomic mass is 32.2. The summed E-state index contributed by atoms with van der Waals surface area (Å²) in [4.78, 5) is 26.0. The summed E-state index contributed by atoms with van der Waals surface area (Å²) in [6.07, 6.45) is 0.707. The predicted molar refractivity (Wildman–Crippen MR) is 68.9 cm³/mol. The van der Waals surface area contributed by atoms with E-state index in [1.807, 2.05) is 13.8 Å². The summed E-state index contributed by atoms with van der Waals surface area (Å²) in [5, 5.41) is 8.86. The Labute approximate surface area is 109 Å². The molecule has 0 spiro atoms. The van der Waals surface area contributed by atoms with Crippen molar-refractivity contribution < 1.29 is 18.9 Å². The number of aliphatic carboxylic acids is 1. The largest absolute Gasteiger partial charge is 0.480 e. The average molecular weight is 276 g/mol. The lowest BCUT2D eigenvalue weighted by molar-refractivity contribution is -0.138. The number of hydrogen-bond donors (Lipinski definition) is 1. The molecule has 1 N–H and O–H groups in total. The van der Waals surface area contributed by atoms with Crippen LogP contribution in [0.3, 0.4) is 0 Å². The molecule has 1 heterocycles. The van der Waals surface area contributed by atoms with E-state index in [2.05, 4.69) is 0 Å². The first kappa shape index (κ1) is 14.9. The van der Waals surface area contributed by atoms with Crippen LogP contribution in [0.1, 0.15) is 20.3 Å². The number of hydrogen-bond acceptors (Lipinski definition) is 3. The van der Waals surface area contributed by atoms with Gasteiger partial charge in [-0.1, -0.05) is 6.92 Å². The van der Waals surface area contributed by atoms with Gasteiger partial charge in [-0.05, 0) is 13.3 Å². The first-order valence-corrected chi connectivity index (χ1v) is 7.56. The molecular weight excluding hydrogens is 256 g/mol. The van der Waals surface area contributed by atoms with Gasteiger partial charge in [0.05, 0.1) is 0 Å². The first-order valence-electron chi connectivity index (χ1n) is 6.08. The molecule has 2 amide bonds. The monoisotopic (exact) mass is 276 g/mol. The van der Waals surface area contributed by atoms with Crippen LogP contribution in [0.5, 0.6) is 0 Å². The molecule has 0 radical (unpaired) electrons. The van der Waals surface area contributed by atoms with Crippen molar-refractivity contribution in [2.45, 2.75) is 26.3 Å². The SMILES string of the molecule is CCC(C)N(CC(=O)O)C(=O)N1CCS(=O)CC1. The van der Waals surface area contributed by atoms with Crippen molar-refractivity contribution in [3.63, 3.8) is 0 Å². The minimum absolute atomic E-state index is 0.110. The number of amides is 2. The third kappa shape index (κ3) is 3.97. The zero-order chi connectivity index (χ0) is 13.7. The van der Waals surface area contributed by atoms with Crippen LogP contribution in [0.4, 0.5) is 4.79 Å². The third-order valence-corrected chi connectivity index (χ3v) is 4.40. The van der Waals surface area contributed by atoms with Crippen molar-refractivity contribution in [2.75, 3.05) is 31.1 Å². The van der Waals surface area contributed by atoms with E-state index in [0.717, 1.165) is 0 Å². The van der Waals surface area contributed by atoms with E-state index < -0.39 is 16.8 Å². The number of carboxylic acids is 1. The Morgan fingerprint density at radius 1 is 1.39 bits per heavy atom. The molecule has 0 aromatic rings. The van der Waals surface area contributed by atoms with Gasteiger partial charge in [0.2, 0.25) is 0 Å². The molecular formula is C11H20N2O4S. The third-order valence-electron chi connectivity index (χ3n) is 3.12.